The molecule has 1 aliphatic rings. The Labute approximate surface area is 123 Å². The van der Waals surface area contributed by atoms with Gasteiger partial charge in [-0.25, -0.2) is 0 Å². The van der Waals surface area contributed by atoms with Crippen LogP contribution in [0.25, 0.3) is 10.9 Å². The van der Waals surface area contributed by atoms with Gasteiger partial charge in [0.25, 0.3) is 0 Å². The molecule has 0 bridgehead atoms. The molecule has 1 N–H and O–H groups in total. The molecule has 1 unspecified atom stereocenters. The van der Waals surface area contributed by atoms with Crippen molar-refractivity contribution in [1.82, 2.24) is 10.3 Å². The average molecular weight is 283 g/mol. The van der Waals surface area contributed by atoms with Crippen molar-refractivity contribution in [2.45, 2.75) is 19.9 Å². The molecular weight excluding hydrogens is 266 g/mol. The molecule has 21 heavy (non-hydrogen) atoms. The predicted molar refractivity (Wildman–Crippen MR) is 80.9 cm³/mol. The maximum absolute atomic E-state index is 12.5. The number of hydrogen-bond acceptors (Lipinski definition) is 3. The highest BCUT2D eigenvalue weighted by Crippen LogP contribution is 2.23. The monoisotopic (exact) mass is 283 g/mol. The van der Waals surface area contributed by atoms with Gasteiger partial charge in [0, 0.05) is 5.39 Å². The molecule has 1 aromatic carbocycles. The molecule has 2 amide bonds. The van der Waals surface area contributed by atoms with E-state index >= 15 is 0 Å². The zero-order valence-electron chi connectivity index (χ0n) is 12.0. The van der Waals surface area contributed by atoms with E-state index in [2.05, 4.69) is 10.3 Å². The summed E-state index contributed by atoms with van der Waals surface area (Å²) in [6, 6.07) is 9.13. The third-order valence-electron chi connectivity index (χ3n) is 3.70. The highest BCUT2D eigenvalue weighted by atomic mass is 16.2. The lowest BCUT2D eigenvalue weighted by Crippen LogP contribution is -2.60. The van der Waals surface area contributed by atoms with Gasteiger partial charge < -0.3 is 5.32 Å². The minimum absolute atomic E-state index is 0.0437. The van der Waals surface area contributed by atoms with Crippen molar-refractivity contribution in [2.24, 2.45) is 5.92 Å². The molecule has 0 spiro atoms. The second kappa shape index (κ2) is 5.16. The minimum atomic E-state index is -0.474. The first kappa shape index (κ1) is 13.5. The van der Waals surface area contributed by atoms with Crippen molar-refractivity contribution in [3.63, 3.8) is 0 Å². The fourth-order valence-electron chi connectivity index (χ4n) is 2.55. The van der Waals surface area contributed by atoms with Gasteiger partial charge in [0.05, 0.1) is 17.4 Å². The molecule has 1 saturated heterocycles. The SMILES string of the molecule is CC(C)C1NC(=O)CN(c2cnc3ccccc3c2)C1=O. The molecule has 5 nitrogen and oxygen atoms in total. The Hall–Kier alpha value is -2.43. The summed E-state index contributed by atoms with van der Waals surface area (Å²) in [4.78, 5) is 30.3. The molecule has 1 aliphatic heterocycles. The number of anilines is 1. The van der Waals surface area contributed by atoms with Gasteiger partial charge in [-0.2, -0.15) is 0 Å². The highest BCUT2D eigenvalue weighted by Gasteiger charge is 2.35. The maximum atomic E-state index is 12.5. The Morgan fingerprint density at radius 2 is 2.05 bits per heavy atom. The number of carbonyl (C=O) groups is 2. The first-order valence-corrected chi connectivity index (χ1v) is 7.02. The van der Waals surface area contributed by atoms with Gasteiger partial charge in [0.15, 0.2) is 0 Å². The van der Waals surface area contributed by atoms with Crippen LogP contribution >= 0.6 is 0 Å². The van der Waals surface area contributed by atoms with Crippen LogP contribution < -0.4 is 10.2 Å². The van der Waals surface area contributed by atoms with Crippen molar-refractivity contribution >= 4 is 28.4 Å². The van der Waals surface area contributed by atoms with Crippen molar-refractivity contribution in [3.8, 4) is 0 Å². The molecule has 2 aromatic rings. The normalized spacial score (nSPS) is 19.2. The number of nitrogens with one attached hydrogen (secondary N) is 1. The molecule has 3 rings (SSSR count). The number of carbonyl (C=O) groups excluding carboxylic acids is 2. The standard InChI is InChI=1S/C16H17N3O2/c1-10(2)15-16(21)19(9-14(20)18-15)12-7-11-5-3-4-6-13(11)17-8-12/h3-8,10,15H,9H2,1-2H3,(H,18,20). The second-order valence-corrected chi connectivity index (χ2v) is 5.60. The van der Waals surface area contributed by atoms with Gasteiger partial charge in [0.2, 0.25) is 11.8 Å². The van der Waals surface area contributed by atoms with E-state index in [0.717, 1.165) is 10.9 Å². The molecule has 5 heteroatoms. The van der Waals surface area contributed by atoms with Crippen LogP contribution in [0.15, 0.2) is 36.5 Å². The van der Waals surface area contributed by atoms with Gasteiger partial charge >= 0.3 is 0 Å². The molecule has 0 radical (unpaired) electrons. The number of piperazine rings is 1. The van der Waals surface area contributed by atoms with Crippen LogP contribution in [0, 0.1) is 5.92 Å². The number of benzene rings is 1. The molecule has 0 saturated carbocycles. The summed E-state index contributed by atoms with van der Waals surface area (Å²) in [7, 11) is 0. The average Bonchev–Trinajstić information content (AvgIpc) is 2.48. The third kappa shape index (κ3) is 2.46. The second-order valence-electron chi connectivity index (χ2n) is 5.60. The van der Waals surface area contributed by atoms with Crippen molar-refractivity contribution in [3.05, 3.63) is 36.5 Å². The summed E-state index contributed by atoms with van der Waals surface area (Å²) >= 11 is 0. The Balaban J connectivity index is 1.99. The van der Waals surface area contributed by atoms with E-state index in [4.69, 9.17) is 0 Å². The van der Waals surface area contributed by atoms with Crippen LogP contribution in [0.1, 0.15) is 13.8 Å². The van der Waals surface area contributed by atoms with Crippen molar-refractivity contribution in [1.29, 1.82) is 0 Å². The van der Waals surface area contributed by atoms with Crippen LogP contribution in [0.5, 0.6) is 0 Å². The largest absolute Gasteiger partial charge is 0.342 e. The minimum Gasteiger partial charge on any atom is -0.342 e. The number of para-hydroxylation sites is 1. The zero-order chi connectivity index (χ0) is 15.0. The zero-order valence-corrected chi connectivity index (χ0v) is 12.0. The fraction of sp³-hybridized carbons (Fsp3) is 0.312. The Morgan fingerprint density at radius 1 is 1.29 bits per heavy atom. The molecule has 1 fully saturated rings. The maximum Gasteiger partial charge on any atom is 0.250 e. The number of amides is 2. The molecule has 108 valence electrons. The Kier molecular flexibility index (Phi) is 3.33. The number of aromatic nitrogens is 1. The van der Waals surface area contributed by atoms with Crippen LogP contribution in [-0.4, -0.2) is 29.4 Å². The summed E-state index contributed by atoms with van der Waals surface area (Å²) in [5.74, 6) is -0.166. The van der Waals surface area contributed by atoms with Gasteiger partial charge in [-0.1, -0.05) is 32.0 Å². The predicted octanol–water partition coefficient (Wildman–Crippen LogP) is 1.72. The van der Waals surface area contributed by atoms with Gasteiger partial charge in [-0.3, -0.25) is 19.5 Å². The summed E-state index contributed by atoms with van der Waals surface area (Å²) in [6.45, 7) is 3.89. The first-order chi connectivity index (χ1) is 10.1. The Morgan fingerprint density at radius 3 is 2.81 bits per heavy atom. The topological polar surface area (TPSA) is 62.3 Å². The summed E-state index contributed by atoms with van der Waals surface area (Å²) in [5, 5.41) is 3.71. The molecule has 2 heterocycles. The van der Waals surface area contributed by atoms with Gasteiger partial charge in [-0.15, -0.1) is 0 Å². The van der Waals surface area contributed by atoms with Crippen molar-refractivity contribution in [2.75, 3.05) is 11.4 Å². The summed E-state index contributed by atoms with van der Waals surface area (Å²) in [5.41, 5.74) is 1.54. The van der Waals surface area contributed by atoms with Crippen LogP contribution in [0.4, 0.5) is 5.69 Å². The quantitative estimate of drug-likeness (QED) is 0.913. The highest BCUT2D eigenvalue weighted by molar-refractivity contribution is 6.07. The molecular formula is C16H17N3O2. The lowest BCUT2D eigenvalue weighted by atomic mass is 10.0. The van der Waals surface area contributed by atoms with Gasteiger partial charge in [-0.05, 0) is 18.1 Å². The smallest absolute Gasteiger partial charge is 0.250 e. The number of nitrogens with zero attached hydrogens (tertiary/aromatic N) is 2. The lowest BCUT2D eigenvalue weighted by Gasteiger charge is -2.34. The van der Waals surface area contributed by atoms with Gasteiger partial charge in [0.1, 0.15) is 12.6 Å². The summed E-state index contributed by atoms with van der Waals surface area (Å²) < 4.78 is 0. The van der Waals surface area contributed by atoms with E-state index in [1.807, 2.05) is 44.2 Å². The van der Waals surface area contributed by atoms with E-state index in [1.54, 1.807) is 6.20 Å². The van der Waals surface area contributed by atoms with Crippen LogP contribution in [0.3, 0.4) is 0 Å². The molecule has 1 aromatic heterocycles. The first-order valence-electron chi connectivity index (χ1n) is 7.02. The third-order valence-corrected chi connectivity index (χ3v) is 3.70. The number of hydrogen-bond donors (Lipinski definition) is 1. The van der Waals surface area contributed by atoms with Crippen LogP contribution in [-0.2, 0) is 9.59 Å². The van der Waals surface area contributed by atoms with E-state index in [9.17, 15) is 9.59 Å². The van der Waals surface area contributed by atoms with E-state index in [-0.39, 0.29) is 24.3 Å². The lowest BCUT2D eigenvalue weighted by molar-refractivity contribution is -0.132. The number of rotatable bonds is 2. The van der Waals surface area contributed by atoms with E-state index in [1.165, 1.54) is 4.90 Å². The molecule has 0 aliphatic carbocycles. The van der Waals surface area contributed by atoms with E-state index < -0.39 is 6.04 Å². The van der Waals surface area contributed by atoms with Crippen molar-refractivity contribution < 1.29 is 9.59 Å². The van der Waals surface area contributed by atoms with E-state index in [0.29, 0.717) is 5.69 Å². The molecule has 1 atom stereocenters. The Bertz CT molecular complexity index is 711. The number of pyridine rings is 1. The van der Waals surface area contributed by atoms with Crippen LogP contribution in [0.2, 0.25) is 0 Å². The summed E-state index contributed by atoms with van der Waals surface area (Å²) in [6.07, 6.45) is 1.65. The fourth-order valence-corrected chi connectivity index (χ4v) is 2.55. The number of fused-ring (bicyclic) bond motifs is 1.